The first-order valence-corrected chi connectivity index (χ1v) is 11.9. The molecule has 172 valence electrons. The summed E-state index contributed by atoms with van der Waals surface area (Å²) in [5.74, 6) is 0.319. The maximum absolute atomic E-state index is 14.4. The molecule has 0 saturated carbocycles. The van der Waals surface area contributed by atoms with Crippen molar-refractivity contribution in [3.63, 3.8) is 0 Å². The Morgan fingerprint density at radius 3 is 2.64 bits per heavy atom. The predicted octanol–water partition coefficient (Wildman–Crippen LogP) is 4.60. The molecule has 1 aromatic heterocycles. The zero-order valence-corrected chi connectivity index (χ0v) is 19.4. The van der Waals surface area contributed by atoms with E-state index in [9.17, 15) is 14.0 Å². The minimum atomic E-state index is -0.364. The summed E-state index contributed by atoms with van der Waals surface area (Å²) in [5, 5.41) is 11.9. The largest absolute Gasteiger partial charge is 0.324 e. The van der Waals surface area contributed by atoms with Crippen LogP contribution in [0.15, 0.2) is 53.7 Å². The van der Waals surface area contributed by atoms with Gasteiger partial charge in [0.25, 0.3) is 0 Å². The number of hydrogen-bond acceptors (Lipinski definition) is 5. The number of nitrogens with one attached hydrogen (secondary N) is 1. The van der Waals surface area contributed by atoms with Crippen molar-refractivity contribution in [3.8, 4) is 11.4 Å². The van der Waals surface area contributed by atoms with Crippen molar-refractivity contribution in [2.75, 3.05) is 22.5 Å². The van der Waals surface area contributed by atoms with Crippen LogP contribution in [0.3, 0.4) is 0 Å². The molecule has 2 heterocycles. The number of thioether (sulfide) groups is 1. The number of rotatable bonds is 8. The molecule has 0 bridgehead atoms. The topological polar surface area (TPSA) is 80.1 Å². The first-order valence-electron chi connectivity index (χ1n) is 10.9. The summed E-state index contributed by atoms with van der Waals surface area (Å²) < 4.78 is 16.2. The molecule has 9 heteroatoms. The summed E-state index contributed by atoms with van der Waals surface area (Å²) in [6.07, 6.45) is 1.33. The van der Waals surface area contributed by atoms with Gasteiger partial charge in [0, 0.05) is 19.5 Å². The lowest BCUT2D eigenvalue weighted by Gasteiger charge is -2.20. The molecule has 0 radical (unpaired) electrons. The van der Waals surface area contributed by atoms with Crippen LogP contribution in [0.25, 0.3) is 11.4 Å². The van der Waals surface area contributed by atoms with Gasteiger partial charge in [0.05, 0.1) is 22.7 Å². The Balaban J connectivity index is 1.49. The maximum Gasteiger partial charge on any atom is 0.234 e. The van der Waals surface area contributed by atoms with Gasteiger partial charge < -0.3 is 14.8 Å². The molecule has 4 rings (SSSR count). The lowest BCUT2D eigenvalue weighted by atomic mass is 10.2. The number of carbonyl (C=O) groups is 2. The zero-order valence-electron chi connectivity index (χ0n) is 18.6. The van der Waals surface area contributed by atoms with Crippen LogP contribution in [0.2, 0.25) is 0 Å². The molecule has 0 aliphatic carbocycles. The third-order valence-electron chi connectivity index (χ3n) is 5.25. The molecule has 33 heavy (non-hydrogen) atoms. The summed E-state index contributed by atoms with van der Waals surface area (Å²) in [6.45, 7) is 5.36. The maximum atomic E-state index is 14.4. The monoisotopic (exact) mass is 467 g/mol. The number of carbonyl (C=O) groups excluding carboxylic acids is 2. The average molecular weight is 468 g/mol. The third kappa shape index (κ3) is 5.24. The Morgan fingerprint density at radius 2 is 1.91 bits per heavy atom. The van der Waals surface area contributed by atoms with E-state index in [0.29, 0.717) is 47.4 Å². The molecule has 1 fully saturated rings. The van der Waals surface area contributed by atoms with Gasteiger partial charge in [0.2, 0.25) is 11.8 Å². The Hall–Kier alpha value is -3.20. The first kappa shape index (κ1) is 23.0. The van der Waals surface area contributed by atoms with E-state index in [1.807, 2.05) is 22.8 Å². The Morgan fingerprint density at radius 1 is 1.15 bits per heavy atom. The van der Waals surface area contributed by atoms with Crippen LogP contribution < -0.4 is 10.2 Å². The fourth-order valence-corrected chi connectivity index (χ4v) is 4.55. The van der Waals surface area contributed by atoms with E-state index >= 15 is 0 Å². The van der Waals surface area contributed by atoms with Crippen LogP contribution in [-0.4, -0.2) is 38.9 Å². The summed E-state index contributed by atoms with van der Waals surface area (Å²) >= 11 is 1.25. The molecule has 1 aliphatic rings. The number of amides is 2. The van der Waals surface area contributed by atoms with E-state index in [2.05, 4.69) is 29.4 Å². The normalized spacial score (nSPS) is 13.7. The molecule has 1 saturated heterocycles. The van der Waals surface area contributed by atoms with E-state index in [-0.39, 0.29) is 29.3 Å². The van der Waals surface area contributed by atoms with Gasteiger partial charge >= 0.3 is 0 Å². The van der Waals surface area contributed by atoms with Gasteiger partial charge in [-0.25, -0.2) is 4.39 Å². The van der Waals surface area contributed by atoms with Crippen LogP contribution in [-0.2, 0) is 16.1 Å². The molecule has 7 nitrogen and oxygen atoms in total. The highest BCUT2D eigenvalue weighted by Gasteiger charge is 2.24. The molecule has 0 spiro atoms. The first-order chi connectivity index (χ1) is 15.9. The van der Waals surface area contributed by atoms with Gasteiger partial charge in [0.15, 0.2) is 11.0 Å². The highest BCUT2D eigenvalue weighted by atomic mass is 32.2. The summed E-state index contributed by atoms with van der Waals surface area (Å²) in [5.41, 5.74) is 1.70. The highest BCUT2D eigenvalue weighted by Crippen LogP contribution is 2.30. The number of anilines is 2. The van der Waals surface area contributed by atoms with Crippen LogP contribution >= 0.6 is 11.8 Å². The molecule has 3 aromatic rings. The van der Waals surface area contributed by atoms with Gasteiger partial charge in [-0.3, -0.25) is 9.59 Å². The SMILES string of the molecule is CC(C)Cn1c(SCC(=O)Nc2ccccc2N2CCCC2=O)nnc1-c1ccccc1F. The molecule has 0 unspecified atom stereocenters. The molecule has 1 N–H and O–H groups in total. The number of halogens is 1. The highest BCUT2D eigenvalue weighted by molar-refractivity contribution is 7.99. The van der Waals surface area contributed by atoms with E-state index in [4.69, 9.17) is 0 Å². The van der Waals surface area contributed by atoms with Crippen molar-refractivity contribution in [1.29, 1.82) is 0 Å². The number of aromatic nitrogens is 3. The minimum Gasteiger partial charge on any atom is -0.324 e. The molecule has 0 atom stereocenters. The second kappa shape index (κ2) is 10.2. The zero-order chi connectivity index (χ0) is 23.4. The van der Waals surface area contributed by atoms with Crippen molar-refractivity contribution in [1.82, 2.24) is 14.8 Å². The molecule has 2 amide bonds. The van der Waals surface area contributed by atoms with Crippen LogP contribution in [0, 0.1) is 11.7 Å². The van der Waals surface area contributed by atoms with E-state index < -0.39 is 0 Å². The number of para-hydroxylation sites is 2. The van der Waals surface area contributed by atoms with Crippen molar-refractivity contribution in [2.24, 2.45) is 5.92 Å². The summed E-state index contributed by atoms with van der Waals surface area (Å²) in [6, 6.07) is 13.8. The van der Waals surface area contributed by atoms with E-state index in [1.54, 1.807) is 29.2 Å². The molecular formula is C24H26FN5O2S. The molecule has 2 aromatic carbocycles. The Kier molecular flexibility index (Phi) is 7.08. The van der Waals surface area contributed by atoms with Gasteiger partial charge in [-0.2, -0.15) is 0 Å². The van der Waals surface area contributed by atoms with E-state index in [1.165, 1.54) is 17.8 Å². The second-order valence-electron chi connectivity index (χ2n) is 8.29. The number of benzene rings is 2. The Labute approximate surface area is 196 Å². The van der Waals surface area contributed by atoms with Crippen molar-refractivity contribution >= 4 is 35.0 Å². The van der Waals surface area contributed by atoms with Crippen LogP contribution in [0.5, 0.6) is 0 Å². The third-order valence-corrected chi connectivity index (χ3v) is 6.22. The van der Waals surface area contributed by atoms with Crippen molar-refractivity contribution in [2.45, 2.75) is 38.4 Å². The smallest absolute Gasteiger partial charge is 0.234 e. The van der Waals surface area contributed by atoms with Crippen molar-refractivity contribution in [3.05, 3.63) is 54.3 Å². The summed E-state index contributed by atoms with van der Waals surface area (Å²) in [4.78, 5) is 26.6. The lowest BCUT2D eigenvalue weighted by Crippen LogP contribution is -2.26. The van der Waals surface area contributed by atoms with Crippen LogP contribution in [0.4, 0.5) is 15.8 Å². The quantitative estimate of drug-likeness (QED) is 0.490. The molecular weight excluding hydrogens is 441 g/mol. The van der Waals surface area contributed by atoms with Crippen molar-refractivity contribution < 1.29 is 14.0 Å². The van der Waals surface area contributed by atoms with Crippen LogP contribution in [0.1, 0.15) is 26.7 Å². The minimum absolute atomic E-state index is 0.0635. The van der Waals surface area contributed by atoms with Gasteiger partial charge in [-0.15, -0.1) is 10.2 Å². The standard InChI is InChI=1S/C24H26FN5O2S/c1-16(2)14-30-23(17-8-3-4-9-18(17)25)27-28-24(30)33-15-21(31)26-19-10-5-6-11-20(19)29-13-7-12-22(29)32/h3-6,8-11,16H,7,12-15H2,1-2H3,(H,26,31). The molecule has 1 aliphatic heterocycles. The lowest BCUT2D eigenvalue weighted by molar-refractivity contribution is -0.117. The fourth-order valence-electron chi connectivity index (χ4n) is 3.80. The van der Waals surface area contributed by atoms with Gasteiger partial charge in [0.1, 0.15) is 5.82 Å². The van der Waals surface area contributed by atoms with Gasteiger partial charge in [-0.05, 0) is 36.6 Å². The van der Waals surface area contributed by atoms with E-state index in [0.717, 1.165) is 6.42 Å². The average Bonchev–Trinajstić information content (AvgIpc) is 3.39. The number of hydrogen-bond donors (Lipinski definition) is 1. The summed E-state index contributed by atoms with van der Waals surface area (Å²) in [7, 11) is 0. The second-order valence-corrected chi connectivity index (χ2v) is 9.24. The number of nitrogens with zero attached hydrogens (tertiary/aromatic N) is 4. The van der Waals surface area contributed by atoms with Gasteiger partial charge in [-0.1, -0.05) is 49.9 Å². The predicted molar refractivity (Wildman–Crippen MR) is 128 cm³/mol. The Bertz CT molecular complexity index is 1160. The fraction of sp³-hybridized carbons (Fsp3) is 0.333.